The Morgan fingerprint density at radius 2 is 2.24 bits per heavy atom. The number of aryl methyl sites for hydroxylation is 3. The van der Waals surface area contributed by atoms with Crippen LogP contribution in [0.4, 0.5) is 0 Å². The van der Waals surface area contributed by atoms with E-state index >= 15 is 0 Å². The van der Waals surface area contributed by atoms with Gasteiger partial charge < -0.3 is 4.90 Å². The molecule has 1 aliphatic rings. The Morgan fingerprint density at radius 3 is 2.95 bits per heavy atom. The van der Waals surface area contributed by atoms with Crippen LogP contribution in [0.25, 0.3) is 0 Å². The summed E-state index contributed by atoms with van der Waals surface area (Å²) in [5.74, 6) is 0.527. The summed E-state index contributed by atoms with van der Waals surface area (Å²) < 4.78 is 0. The normalized spacial score (nSPS) is 17.6. The lowest BCUT2D eigenvalue weighted by molar-refractivity contribution is 0.0783. The van der Waals surface area contributed by atoms with Crippen LogP contribution in [0.2, 0.25) is 0 Å². The van der Waals surface area contributed by atoms with Crippen molar-refractivity contribution in [1.29, 1.82) is 0 Å². The number of hydrogen-bond donors (Lipinski definition) is 0. The van der Waals surface area contributed by atoms with Crippen molar-refractivity contribution in [3.8, 4) is 0 Å². The highest BCUT2D eigenvalue weighted by molar-refractivity contribution is 7.11. The van der Waals surface area contributed by atoms with Crippen molar-refractivity contribution in [1.82, 2.24) is 9.88 Å². The van der Waals surface area contributed by atoms with Crippen molar-refractivity contribution < 1.29 is 4.79 Å². The predicted molar refractivity (Wildman–Crippen MR) is 88.5 cm³/mol. The maximum atomic E-state index is 12.5. The first-order chi connectivity index (χ1) is 10.1. The highest BCUT2D eigenvalue weighted by atomic mass is 32.1. The average molecular weight is 320 g/mol. The van der Waals surface area contributed by atoms with Gasteiger partial charge in [-0.2, -0.15) is 11.3 Å². The van der Waals surface area contributed by atoms with Crippen LogP contribution in [0.3, 0.4) is 0 Å². The number of hydrogen-bond acceptors (Lipinski definition) is 4. The van der Waals surface area contributed by atoms with Gasteiger partial charge in [0.15, 0.2) is 0 Å². The maximum absolute atomic E-state index is 12.5. The third-order valence-corrected chi connectivity index (χ3v) is 6.01. The monoisotopic (exact) mass is 320 g/mol. The van der Waals surface area contributed by atoms with E-state index in [0.29, 0.717) is 5.92 Å². The molecule has 5 heteroatoms. The number of aromatic nitrogens is 1. The largest absolute Gasteiger partial charge is 0.341 e. The third kappa shape index (κ3) is 2.90. The second-order valence-electron chi connectivity index (χ2n) is 5.78. The van der Waals surface area contributed by atoms with Gasteiger partial charge >= 0.3 is 0 Å². The van der Waals surface area contributed by atoms with Gasteiger partial charge in [-0.15, -0.1) is 11.3 Å². The van der Waals surface area contributed by atoms with Crippen molar-refractivity contribution in [3.05, 3.63) is 37.5 Å². The first-order valence-electron chi connectivity index (χ1n) is 7.30. The smallest absolute Gasteiger partial charge is 0.254 e. The molecule has 3 nitrogen and oxygen atoms in total. The minimum absolute atomic E-state index is 0.132. The van der Waals surface area contributed by atoms with E-state index in [1.165, 1.54) is 17.0 Å². The minimum atomic E-state index is 0.132. The summed E-state index contributed by atoms with van der Waals surface area (Å²) in [5.41, 5.74) is 3.16. The van der Waals surface area contributed by atoms with Gasteiger partial charge in [-0.1, -0.05) is 0 Å². The van der Waals surface area contributed by atoms with Crippen molar-refractivity contribution in [2.75, 3.05) is 13.6 Å². The molecule has 1 unspecified atom stereocenters. The molecular weight excluding hydrogens is 300 g/mol. The van der Waals surface area contributed by atoms with Crippen molar-refractivity contribution in [2.24, 2.45) is 0 Å². The molecule has 0 radical (unpaired) electrons. The van der Waals surface area contributed by atoms with Gasteiger partial charge in [0.05, 0.1) is 16.3 Å². The highest BCUT2D eigenvalue weighted by Crippen LogP contribution is 2.35. The molecule has 0 bridgehead atoms. The Hall–Kier alpha value is -1.20. The molecule has 1 aliphatic carbocycles. The second-order valence-corrected chi connectivity index (χ2v) is 7.82. The summed E-state index contributed by atoms with van der Waals surface area (Å²) in [5, 5.41) is 5.13. The zero-order valence-corrected chi connectivity index (χ0v) is 14.3. The molecule has 1 atom stereocenters. The van der Waals surface area contributed by atoms with E-state index < -0.39 is 0 Å². The summed E-state index contributed by atoms with van der Waals surface area (Å²) in [7, 11) is 1.91. The Labute approximate surface area is 133 Å². The average Bonchev–Trinajstić information content (AvgIpc) is 3.03. The Morgan fingerprint density at radius 1 is 1.43 bits per heavy atom. The molecular formula is C16H20N2OS2. The zero-order chi connectivity index (χ0) is 15.0. The second kappa shape index (κ2) is 5.89. The Kier molecular flexibility index (Phi) is 4.13. The number of thiophene rings is 1. The zero-order valence-electron chi connectivity index (χ0n) is 12.7. The van der Waals surface area contributed by atoms with Crippen LogP contribution in [-0.2, 0) is 6.42 Å². The van der Waals surface area contributed by atoms with E-state index in [-0.39, 0.29) is 5.91 Å². The van der Waals surface area contributed by atoms with E-state index in [9.17, 15) is 4.79 Å². The molecule has 0 saturated carbocycles. The number of fused-ring (bicyclic) bond motifs is 1. The van der Waals surface area contributed by atoms with Gasteiger partial charge in [-0.3, -0.25) is 4.79 Å². The fourth-order valence-corrected chi connectivity index (χ4v) is 4.89. The number of amides is 1. The molecule has 1 amide bonds. The van der Waals surface area contributed by atoms with Crippen molar-refractivity contribution in [2.45, 2.75) is 39.0 Å². The van der Waals surface area contributed by atoms with Crippen LogP contribution >= 0.6 is 22.7 Å². The molecule has 0 spiro atoms. The van der Waals surface area contributed by atoms with Gasteiger partial charge in [0.25, 0.3) is 5.91 Å². The van der Waals surface area contributed by atoms with E-state index in [1.807, 2.05) is 41.0 Å². The number of rotatable bonds is 3. The molecule has 0 fully saturated rings. The Bertz CT molecular complexity index is 659. The molecule has 0 aromatic carbocycles. The van der Waals surface area contributed by atoms with Gasteiger partial charge in [0.1, 0.15) is 0 Å². The summed E-state index contributed by atoms with van der Waals surface area (Å²) in [6, 6.07) is 0. The van der Waals surface area contributed by atoms with Gasteiger partial charge in [-0.05, 0) is 44.1 Å². The van der Waals surface area contributed by atoms with Crippen LogP contribution in [0.5, 0.6) is 0 Å². The fourth-order valence-electron chi connectivity index (χ4n) is 3.01. The summed E-state index contributed by atoms with van der Waals surface area (Å²) in [6.45, 7) is 4.84. The lowest BCUT2D eigenvalue weighted by Crippen LogP contribution is -2.32. The Balaban J connectivity index is 1.75. The SMILES string of the molecule is Cc1nc2c(s1)CCCC2CN(C)C(=O)c1cscc1C. The third-order valence-electron chi connectivity index (χ3n) is 4.10. The summed E-state index contributed by atoms with van der Waals surface area (Å²) in [4.78, 5) is 20.5. The number of thiazole rings is 1. The highest BCUT2D eigenvalue weighted by Gasteiger charge is 2.27. The number of nitrogens with zero attached hydrogens (tertiary/aromatic N) is 2. The number of likely N-dealkylation sites (N-methyl/N-ethyl adjacent to an activating group) is 1. The quantitative estimate of drug-likeness (QED) is 0.856. The standard InChI is InChI=1S/C16H20N2OS2/c1-10-8-20-9-13(10)16(19)18(3)7-12-5-4-6-14-15(12)17-11(2)21-14/h8-9,12H,4-7H2,1-3H3. The van der Waals surface area contributed by atoms with E-state index in [2.05, 4.69) is 6.92 Å². The fraction of sp³-hybridized carbons (Fsp3) is 0.500. The van der Waals surface area contributed by atoms with Gasteiger partial charge in [0, 0.05) is 29.8 Å². The molecule has 3 rings (SSSR count). The summed E-state index contributed by atoms with van der Waals surface area (Å²) in [6.07, 6.45) is 3.49. The van der Waals surface area contributed by atoms with Crippen LogP contribution < -0.4 is 0 Å². The maximum Gasteiger partial charge on any atom is 0.254 e. The van der Waals surface area contributed by atoms with Crippen LogP contribution in [0.15, 0.2) is 10.8 Å². The number of carbonyl (C=O) groups is 1. The van der Waals surface area contributed by atoms with Crippen LogP contribution in [0, 0.1) is 13.8 Å². The molecule has 2 heterocycles. The van der Waals surface area contributed by atoms with Gasteiger partial charge in [0.2, 0.25) is 0 Å². The first kappa shape index (κ1) is 14.7. The van der Waals surface area contributed by atoms with Crippen LogP contribution in [0.1, 0.15) is 50.3 Å². The van der Waals surface area contributed by atoms with Crippen LogP contribution in [-0.4, -0.2) is 29.4 Å². The topological polar surface area (TPSA) is 33.2 Å². The van der Waals surface area contributed by atoms with E-state index in [1.54, 1.807) is 11.3 Å². The summed E-state index contributed by atoms with van der Waals surface area (Å²) >= 11 is 3.41. The predicted octanol–water partition coefficient (Wildman–Crippen LogP) is 4.01. The number of carbonyl (C=O) groups excluding carboxylic acids is 1. The lowest BCUT2D eigenvalue weighted by Gasteiger charge is -2.26. The molecule has 112 valence electrons. The van der Waals surface area contributed by atoms with Crippen molar-refractivity contribution in [3.63, 3.8) is 0 Å². The molecule has 0 saturated heterocycles. The van der Waals surface area contributed by atoms with Gasteiger partial charge in [-0.25, -0.2) is 4.98 Å². The van der Waals surface area contributed by atoms with Crippen molar-refractivity contribution >= 4 is 28.6 Å². The van der Waals surface area contributed by atoms with E-state index in [4.69, 9.17) is 4.98 Å². The molecule has 2 aromatic heterocycles. The van der Waals surface area contributed by atoms with E-state index in [0.717, 1.165) is 35.5 Å². The molecule has 21 heavy (non-hydrogen) atoms. The molecule has 2 aromatic rings. The first-order valence-corrected chi connectivity index (χ1v) is 9.06. The lowest BCUT2D eigenvalue weighted by atomic mass is 9.90. The minimum Gasteiger partial charge on any atom is -0.341 e. The molecule has 0 aliphatic heterocycles. The molecule has 0 N–H and O–H groups in total.